The lowest BCUT2D eigenvalue weighted by Gasteiger charge is -2.03. The zero-order valence-electron chi connectivity index (χ0n) is 10.9. The van der Waals surface area contributed by atoms with Crippen LogP contribution >= 0.6 is 0 Å². The predicted octanol–water partition coefficient (Wildman–Crippen LogP) is 2.23. The van der Waals surface area contributed by atoms with Crippen molar-refractivity contribution < 1.29 is 9.34 Å². The smallest absolute Gasteiger partial charge is 0.284 e. The van der Waals surface area contributed by atoms with Gasteiger partial charge in [0.2, 0.25) is 5.89 Å². The minimum atomic E-state index is -0.434. The molecule has 0 saturated heterocycles. The van der Waals surface area contributed by atoms with E-state index < -0.39 is 4.92 Å². The molecule has 0 radical (unpaired) electrons. The van der Waals surface area contributed by atoms with Crippen molar-refractivity contribution in [3.05, 3.63) is 39.8 Å². The molecule has 0 aliphatic carbocycles. The van der Waals surface area contributed by atoms with Crippen LogP contribution in [-0.2, 0) is 0 Å². The van der Waals surface area contributed by atoms with E-state index >= 15 is 0 Å². The number of hydrogen-bond donors (Lipinski definition) is 1. The molecule has 1 N–H and O–H groups in total. The molecule has 2 aromatic rings. The van der Waals surface area contributed by atoms with Crippen molar-refractivity contribution in [1.82, 2.24) is 15.5 Å². The van der Waals surface area contributed by atoms with Gasteiger partial charge in [-0.1, -0.05) is 12.1 Å². The quantitative estimate of drug-likeness (QED) is 0.670. The number of hydrogen-bond acceptors (Lipinski definition) is 6. The minimum absolute atomic E-state index is 0.00480. The number of nitrogens with one attached hydrogen (secondary N) is 1. The van der Waals surface area contributed by atoms with Gasteiger partial charge in [0.1, 0.15) is 5.56 Å². The van der Waals surface area contributed by atoms with Crippen LogP contribution in [0.4, 0.5) is 5.69 Å². The van der Waals surface area contributed by atoms with Gasteiger partial charge >= 0.3 is 0 Å². The maximum Gasteiger partial charge on any atom is 0.284 e. The Bertz CT molecular complexity index is 609. The Hall–Kier alpha value is -2.28. The molecular weight excluding hydrogens is 248 g/mol. The Morgan fingerprint density at radius 2 is 2.16 bits per heavy atom. The number of rotatable bonds is 4. The first-order valence-electron chi connectivity index (χ1n) is 5.79. The third-order valence-electron chi connectivity index (χ3n) is 2.89. The van der Waals surface area contributed by atoms with Gasteiger partial charge in [0.15, 0.2) is 0 Å². The zero-order valence-corrected chi connectivity index (χ0v) is 10.9. The number of nitro benzene ring substituents is 1. The number of para-hydroxylation sites is 1. The summed E-state index contributed by atoms with van der Waals surface area (Å²) < 4.78 is 5.48. The molecule has 1 aromatic heterocycles. The van der Waals surface area contributed by atoms with Gasteiger partial charge in [-0.15, -0.1) is 10.2 Å². The van der Waals surface area contributed by atoms with Crippen molar-refractivity contribution in [3.63, 3.8) is 0 Å². The molecule has 0 amide bonds. The molecule has 0 bridgehead atoms. The van der Waals surface area contributed by atoms with Crippen LogP contribution in [0.5, 0.6) is 0 Å². The van der Waals surface area contributed by atoms with E-state index in [0.717, 1.165) is 0 Å². The first kappa shape index (κ1) is 13.2. The van der Waals surface area contributed by atoms with Crippen molar-refractivity contribution in [1.29, 1.82) is 0 Å². The van der Waals surface area contributed by atoms with E-state index in [-0.39, 0.29) is 17.6 Å². The topological polar surface area (TPSA) is 94.1 Å². The fourth-order valence-electron chi connectivity index (χ4n) is 1.72. The van der Waals surface area contributed by atoms with E-state index in [1.807, 2.05) is 6.92 Å². The molecule has 7 nitrogen and oxygen atoms in total. The molecule has 2 rings (SSSR count). The van der Waals surface area contributed by atoms with E-state index in [9.17, 15) is 10.1 Å². The van der Waals surface area contributed by atoms with Crippen molar-refractivity contribution in [2.45, 2.75) is 19.9 Å². The summed E-state index contributed by atoms with van der Waals surface area (Å²) in [5.41, 5.74) is 0.894. The lowest BCUT2D eigenvalue weighted by Crippen LogP contribution is -2.12. The Morgan fingerprint density at radius 1 is 1.42 bits per heavy atom. The zero-order chi connectivity index (χ0) is 14.0. The van der Waals surface area contributed by atoms with E-state index in [2.05, 4.69) is 15.5 Å². The van der Waals surface area contributed by atoms with Crippen molar-refractivity contribution in [2.24, 2.45) is 0 Å². The monoisotopic (exact) mass is 262 g/mol. The number of aryl methyl sites for hydroxylation is 1. The maximum absolute atomic E-state index is 11.1. The van der Waals surface area contributed by atoms with E-state index in [1.165, 1.54) is 0 Å². The molecule has 1 heterocycles. The third-order valence-corrected chi connectivity index (χ3v) is 2.89. The first-order valence-corrected chi connectivity index (χ1v) is 5.79. The third kappa shape index (κ3) is 2.45. The fraction of sp³-hybridized carbons (Fsp3) is 0.333. The average Bonchev–Trinajstić information content (AvgIpc) is 2.86. The highest BCUT2D eigenvalue weighted by molar-refractivity contribution is 5.69. The second-order valence-corrected chi connectivity index (χ2v) is 4.18. The van der Waals surface area contributed by atoms with Crippen LogP contribution in [0.1, 0.15) is 24.4 Å². The second kappa shape index (κ2) is 5.15. The maximum atomic E-state index is 11.1. The molecule has 1 aromatic carbocycles. The molecule has 0 spiro atoms. The van der Waals surface area contributed by atoms with Crippen LogP contribution in [0.25, 0.3) is 11.5 Å². The minimum Gasteiger partial charge on any atom is -0.419 e. The lowest BCUT2D eigenvalue weighted by molar-refractivity contribution is -0.384. The van der Waals surface area contributed by atoms with Crippen molar-refractivity contribution in [3.8, 4) is 11.5 Å². The normalized spacial score (nSPS) is 12.4. The van der Waals surface area contributed by atoms with E-state index in [1.54, 1.807) is 32.2 Å². The number of aromatic nitrogens is 2. The van der Waals surface area contributed by atoms with E-state index in [0.29, 0.717) is 17.0 Å². The summed E-state index contributed by atoms with van der Waals surface area (Å²) in [6.45, 7) is 3.54. The molecule has 0 saturated carbocycles. The van der Waals surface area contributed by atoms with Crippen molar-refractivity contribution in [2.75, 3.05) is 7.05 Å². The second-order valence-electron chi connectivity index (χ2n) is 4.18. The predicted molar refractivity (Wildman–Crippen MR) is 68.6 cm³/mol. The largest absolute Gasteiger partial charge is 0.419 e. The van der Waals surface area contributed by atoms with Crippen LogP contribution in [0.3, 0.4) is 0 Å². The van der Waals surface area contributed by atoms with Gasteiger partial charge in [-0.3, -0.25) is 10.1 Å². The molecule has 7 heteroatoms. The SMILES string of the molecule is CNC(C)c1nnc(-c2cccc(C)c2[N+](=O)[O-])o1. The van der Waals surface area contributed by atoms with Crippen LogP contribution in [0, 0.1) is 17.0 Å². The summed E-state index contributed by atoms with van der Waals surface area (Å²) >= 11 is 0. The highest BCUT2D eigenvalue weighted by Gasteiger charge is 2.23. The molecule has 0 fully saturated rings. The fourth-order valence-corrected chi connectivity index (χ4v) is 1.72. The van der Waals surface area contributed by atoms with Gasteiger partial charge < -0.3 is 9.73 Å². The van der Waals surface area contributed by atoms with Crippen LogP contribution in [0.2, 0.25) is 0 Å². The van der Waals surface area contributed by atoms with Crippen LogP contribution in [0.15, 0.2) is 22.6 Å². The Kier molecular flexibility index (Phi) is 3.57. The lowest BCUT2D eigenvalue weighted by atomic mass is 10.1. The van der Waals surface area contributed by atoms with Crippen molar-refractivity contribution >= 4 is 5.69 Å². The highest BCUT2D eigenvalue weighted by Crippen LogP contribution is 2.32. The van der Waals surface area contributed by atoms with Gasteiger partial charge in [-0.25, -0.2) is 0 Å². The van der Waals surface area contributed by atoms with Gasteiger partial charge in [0, 0.05) is 5.56 Å². The summed E-state index contributed by atoms with van der Waals surface area (Å²) in [6.07, 6.45) is 0. The van der Waals surface area contributed by atoms with Gasteiger partial charge in [0.25, 0.3) is 11.6 Å². The Balaban J connectivity index is 2.50. The molecule has 0 aliphatic heterocycles. The van der Waals surface area contributed by atoms with Crippen LogP contribution in [-0.4, -0.2) is 22.2 Å². The van der Waals surface area contributed by atoms with Gasteiger partial charge in [-0.2, -0.15) is 0 Å². The highest BCUT2D eigenvalue weighted by atomic mass is 16.6. The molecule has 1 atom stereocenters. The molecular formula is C12H14N4O3. The average molecular weight is 262 g/mol. The standard InChI is InChI=1S/C12H14N4O3/c1-7-5-4-6-9(10(7)16(17)18)12-15-14-11(19-12)8(2)13-3/h4-6,8,13H,1-3H3. The molecule has 19 heavy (non-hydrogen) atoms. The van der Waals surface area contributed by atoms with Gasteiger partial charge in [-0.05, 0) is 27.0 Å². The molecule has 1 unspecified atom stereocenters. The summed E-state index contributed by atoms with van der Waals surface area (Å²) in [6, 6.07) is 4.90. The first-order chi connectivity index (χ1) is 9.04. The summed E-state index contributed by atoms with van der Waals surface area (Å²) in [4.78, 5) is 10.7. The number of nitrogens with zero attached hydrogens (tertiary/aromatic N) is 3. The number of benzene rings is 1. The van der Waals surface area contributed by atoms with Crippen LogP contribution < -0.4 is 5.32 Å². The Morgan fingerprint density at radius 3 is 2.79 bits per heavy atom. The summed E-state index contributed by atoms with van der Waals surface area (Å²) in [7, 11) is 1.77. The number of nitro groups is 1. The summed E-state index contributed by atoms with van der Waals surface area (Å²) in [5, 5.41) is 21.9. The molecule has 0 aliphatic rings. The Labute approximate surface area is 109 Å². The van der Waals surface area contributed by atoms with E-state index in [4.69, 9.17) is 4.42 Å². The summed E-state index contributed by atoms with van der Waals surface area (Å²) in [5.74, 6) is 0.556. The van der Waals surface area contributed by atoms with Gasteiger partial charge in [0.05, 0.1) is 11.0 Å². The molecule has 100 valence electrons.